The Balaban J connectivity index is 1.56. The Bertz CT molecular complexity index is 909. The van der Waals surface area contributed by atoms with Crippen molar-refractivity contribution in [3.63, 3.8) is 0 Å². The second-order valence-corrected chi connectivity index (χ2v) is 7.45. The third-order valence-corrected chi connectivity index (χ3v) is 5.16. The highest BCUT2D eigenvalue weighted by molar-refractivity contribution is 5.88. The van der Waals surface area contributed by atoms with E-state index >= 15 is 0 Å². The van der Waals surface area contributed by atoms with Crippen LogP contribution in [0.2, 0.25) is 0 Å². The van der Waals surface area contributed by atoms with E-state index in [9.17, 15) is 4.79 Å². The van der Waals surface area contributed by atoms with Gasteiger partial charge in [-0.15, -0.1) is 0 Å². The Morgan fingerprint density at radius 2 is 1.90 bits per heavy atom. The van der Waals surface area contributed by atoms with E-state index in [0.717, 1.165) is 53.9 Å². The third kappa shape index (κ3) is 6.28. The predicted molar refractivity (Wildman–Crippen MR) is 124 cm³/mol. The van der Waals surface area contributed by atoms with E-state index in [1.165, 1.54) is 6.92 Å². The molecule has 1 heterocycles. The van der Waals surface area contributed by atoms with Crippen LogP contribution in [0.5, 0.6) is 11.5 Å². The fourth-order valence-electron chi connectivity index (χ4n) is 3.62. The van der Waals surface area contributed by atoms with Crippen LogP contribution in [0.4, 0.5) is 11.4 Å². The third-order valence-electron chi connectivity index (χ3n) is 5.16. The Morgan fingerprint density at radius 3 is 2.55 bits per heavy atom. The zero-order valence-electron chi connectivity index (χ0n) is 18.6. The predicted octanol–water partition coefficient (Wildman–Crippen LogP) is 2.61. The molecule has 0 radical (unpaired) electrons. The summed E-state index contributed by atoms with van der Waals surface area (Å²) in [6.45, 7) is 3.90. The minimum atomic E-state index is -0.0815. The number of guanidine groups is 1. The van der Waals surface area contributed by atoms with Gasteiger partial charge in [0.2, 0.25) is 5.91 Å². The SMILES string of the molecule is CN=C(NCc1cccc(NC(C)=O)c1)NC1CCN(c2cc(OC)cc(OC)c2)C1. The molecule has 0 aromatic heterocycles. The maximum absolute atomic E-state index is 11.3. The number of ether oxygens (including phenoxy) is 2. The quantitative estimate of drug-likeness (QED) is 0.467. The van der Waals surface area contributed by atoms with E-state index < -0.39 is 0 Å². The highest BCUT2D eigenvalue weighted by Crippen LogP contribution is 2.30. The summed E-state index contributed by atoms with van der Waals surface area (Å²) in [5.41, 5.74) is 2.93. The maximum Gasteiger partial charge on any atom is 0.221 e. The molecule has 1 unspecified atom stereocenters. The van der Waals surface area contributed by atoms with E-state index in [-0.39, 0.29) is 11.9 Å². The number of hydrogen-bond acceptors (Lipinski definition) is 5. The molecule has 1 saturated heterocycles. The lowest BCUT2D eigenvalue weighted by Crippen LogP contribution is -2.44. The molecule has 3 rings (SSSR count). The summed E-state index contributed by atoms with van der Waals surface area (Å²) in [5, 5.41) is 9.66. The Morgan fingerprint density at radius 1 is 1.16 bits per heavy atom. The van der Waals surface area contributed by atoms with E-state index in [0.29, 0.717) is 6.54 Å². The number of nitrogens with one attached hydrogen (secondary N) is 3. The number of amides is 1. The van der Waals surface area contributed by atoms with Crippen molar-refractivity contribution in [1.82, 2.24) is 10.6 Å². The molecule has 8 nitrogen and oxygen atoms in total. The molecular formula is C23H31N5O3. The van der Waals surface area contributed by atoms with Gasteiger partial charge in [0.05, 0.1) is 14.2 Å². The van der Waals surface area contributed by atoms with Gasteiger partial charge in [-0.25, -0.2) is 0 Å². The zero-order chi connectivity index (χ0) is 22.2. The van der Waals surface area contributed by atoms with Crippen molar-refractivity contribution in [2.45, 2.75) is 25.9 Å². The molecule has 1 atom stereocenters. The van der Waals surface area contributed by atoms with E-state index in [1.807, 2.05) is 42.5 Å². The van der Waals surface area contributed by atoms with Crippen molar-refractivity contribution in [2.75, 3.05) is 44.6 Å². The molecule has 0 bridgehead atoms. The molecule has 1 aliphatic rings. The lowest BCUT2D eigenvalue weighted by Gasteiger charge is -2.21. The summed E-state index contributed by atoms with van der Waals surface area (Å²) < 4.78 is 10.8. The van der Waals surface area contributed by atoms with Gasteiger partial charge in [0.25, 0.3) is 0 Å². The first-order valence-electron chi connectivity index (χ1n) is 10.3. The van der Waals surface area contributed by atoms with Crippen molar-refractivity contribution >= 4 is 23.2 Å². The van der Waals surface area contributed by atoms with E-state index in [1.54, 1.807) is 21.3 Å². The summed E-state index contributed by atoms with van der Waals surface area (Å²) in [4.78, 5) is 17.9. The van der Waals surface area contributed by atoms with Gasteiger partial charge in [0.15, 0.2) is 5.96 Å². The van der Waals surface area contributed by atoms with Gasteiger partial charge < -0.3 is 30.3 Å². The molecule has 3 N–H and O–H groups in total. The second kappa shape index (κ2) is 10.6. The van der Waals surface area contributed by atoms with Crippen LogP contribution in [0, 0.1) is 0 Å². The number of carbonyl (C=O) groups excluding carboxylic acids is 1. The van der Waals surface area contributed by atoms with Gasteiger partial charge in [-0.2, -0.15) is 0 Å². The van der Waals surface area contributed by atoms with Gasteiger partial charge >= 0.3 is 0 Å². The molecule has 0 saturated carbocycles. The van der Waals surface area contributed by atoms with Crippen LogP contribution in [0.1, 0.15) is 18.9 Å². The van der Waals surface area contributed by atoms with Gasteiger partial charge in [0.1, 0.15) is 11.5 Å². The van der Waals surface area contributed by atoms with Gasteiger partial charge in [-0.05, 0) is 24.1 Å². The van der Waals surface area contributed by atoms with Crippen LogP contribution in [0.3, 0.4) is 0 Å². The number of nitrogens with zero attached hydrogens (tertiary/aromatic N) is 2. The highest BCUT2D eigenvalue weighted by Gasteiger charge is 2.24. The van der Waals surface area contributed by atoms with Gasteiger partial charge in [-0.1, -0.05) is 12.1 Å². The fraction of sp³-hybridized carbons (Fsp3) is 0.391. The molecule has 166 valence electrons. The summed E-state index contributed by atoms with van der Waals surface area (Å²) in [7, 11) is 5.09. The first-order valence-corrected chi connectivity index (χ1v) is 10.3. The minimum absolute atomic E-state index is 0.0815. The fourth-order valence-corrected chi connectivity index (χ4v) is 3.62. The zero-order valence-corrected chi connectivity index (χ0v) is 18.6. The van der Waals surface area contributed by atoms with Crippen molar-refractivity contribution < 1.29 is 14.3 Å². The van der Waals surface area contributed by atoms with Crippen molar-refractivity contribution in [3.05, 3.63) is 48.0 Å². The molecular weight excluding hydrogens is 394 g/mol. The smallest absolute Gasteiger partial charge is 0.221 e. The minimum Gasteiger partial charge on any atom is -0.497 e. The van der Waals surface area contributed by atoms with Gasteiger partial charge in [-0.3, -0.25) is 9.79 Å². The monoisotopic (exact) mass is 425 g/mol. The second-order valence-electron chi connectivity index (χ2n) is 7.45. The van der Waals surface area contributed by atoms with Gasteiger partial charge in [0, 0.05) is 69.2 Å². The average molecular weight is 426 g/mol. The van der Waals surface area contributed by atoms with Crippen LogP contribution < -0.4 is 30.3 Å². The van der Waals surface area contributed by atoms with E-state index in [4.69, 9.17) is 9.47 Å². The molecule has 1 fully saturated rings. The summed E-state index contributed by atoms with van der Waals surface area (Å²) in [5.74, 6) is 2.23. The van der Waals surface area contributed by atoms with E-state index in [2.05, 4.69) is 25.8 Å². The number of rotatable bonds is 7. The van der Waals surface area contributed by atoms with Crippen molar-refractivity contribution in [2.24, 2.45) is 4.99 Å². The molecule has 31 heavy (non-hydrogen) atoms. The first kappa shape index (κ1) is 22.3. The molecule has 8 heteroatoms. The lowest BCUT2D eigenvalue weighted by atomic mass is 10.2. The van der Waals surface area contributed by atoms with Crippen molar-refractivity contribution in [1.29, 1.82) is 0 Å². The number of carbonyl (C=O) groups is 1. The Hall–Kier alpha value is -3.42. The largest absolute Gasteiger partial charge is 0.497 e. The molecule has 1 amide bonds. The molecule has 0 aliphatic carbocycles. The Labute approximate surface area is 183 Å². The summed E-state index contributed by atoms with van der Waals surface area (Å²) in [6.07, 6.45) is 0.998. The topological polar surface area (TPSA) is 87.2 Å². The van der Waals surface area contributed by atoms with Crippen LogP contribution in [-0.4, -0.2) is 52.3 Å². The number of aliphatic imine (C=N–C) groups is 1. The molecule has 2 aromatic carbocycles. The summed E-state index contributed by atoms with van der Waals surface area (Å²) >= 11 is 0. The molecule has 1 aliphatic heterocycles. The average Bonchev–Trinajstić information content (AvgIpc) is 3.24. The normalized spacial score (nSPS) is 16.1. The highest BCUT2D eigenvalue weighted by atomic mass is 16.5. The Kier molecular flexibility index (Phi) is 7.59. The maximum atomic E-state index is 11.3. The lowest BCUT2D eigenvalue weighted by molar-refractivity contribution is -0.114. The van der Waals surface area contributed by atoms with Crippen LogP contribution in [0.15, 0.2) is 47.5 Å². The number of benzene rings is 2. The molecule has 0 spiro atoms. The summed E-state index contributed by atoms with van der Waals surface area (Å²) in [6, 6.07) is 14.0. The number of methoxy groups -OCH3 is 2. The standard InChI is InChI=1S/C23H31N5O3/c1-16(29)26-18-7-5-6-17(10-18)14-25-23(24-2)27-19-8-9-28(15-19)20-11-21(30-3)13-22(12-20)31-4/h5-7,10-13,19H,8-9,14-15H2,1-4H3,(H,26,29)(H2,24,25,27). The number of hydrogen-bond donors (Lipinski definition) is 3. The van der Waals surface area contributed by atoms with Crippen LogP contribution in [0.25, 0.3) is 0 Å². The first-order chi connectivity index (χ1) is 15.0. The van der Waals surface area contributed by atoms with Crippen LogP contribution >= 0.6 is 0 Å². The molecule has 2 aromatic rings. The number of anilines is 2. The van der Waals surface area contributed by atoms with Crippen molar-refractivity contribution in [3.8, 4) is 11.5 Å². The van der Waals surface area contributed by atoms with Crippen LogP contribution in [-0.2, 0) is 11.3 Å².